The summed E-state index contributed by atoms with van der Waals surface area (Å²) in [7, 11) is 0. The summed E-state index contributed by atoms with van der Waals surface area (Å²) in [6, 6.07) is 1.05. The fraction of sp³-hybridized carbons (Fsp3) is 0.556. The Morgan fingerprint density at radius 3 is 3.00 bits per heavy atom. The molecule has 0 radical (unpaired) electrons. The smallest absolute Gasteiger partial charge is 0.330 e. The lowest BCUT2D eigenvalue weighted by molar-refractivity contribution is -0.0185. The van der Waals surface area contributed by atoms with E-state index in [1.165, 1.54) is 0 Å². The molecule has 1 saturated heterocycles. The minimum atomic E-state index is -1.81. The van der Waals surface area contributed by atoms with E-state index in [0.29, 0.717) is 0 Å². The lowest BCUT2D eigenvalue weighted by Crippen LogP contribution is -2.35. The van der Waals surface area contributed by atoms with Crippen molar-refractivity contribution in [1.82, 2.24) is 9.55 Å². The number of alkyl halides is 1. The molecule has 4 atom stereocenters. The van der Waals surface area contributed by atoms with Crippen LogP contribution in [0.1, 0.15) is 14.5 Å². The molecule has 16 heavy (non-hydrogen) atoms. The van der Waals surface area contributed by atoms with Crippen molar-refractivity contribution >= 4 is 0 Å². The van der Waals surface area contributed by atoms with Crippen LogP contribution in [0.2, 0.25) is 0 Å². The molecule has 1 fully saturated rings. The molecule has 1 aromatic heterocycles. The Labute approximate surface area is 90.7 Å². The molecule has 2 N–H and O–H groups in total. The number of ether oxygens (including phenoxy) is 1. The van der Waals surface area contributed by atoms with Gasteiger partial charge >= 0.3 is 5.69 Å². The van der Waals surface area contributed by atoms with E-state index in [9.17, 15) is 19.1 Å². The number of aliphatic hydroxyl groups is 1. The summed E-state index contributed by atoms with van der Waals surface area (Å²) in [5.41, 5.74) is -1.42. The first-order valence-electron chi connectivity index (χ1n) is 5.33. The predicted molar refractivity (Wildman–Crippen MR) is 51.8 cm³/mol. The normalized spacial score (nSPS) is 35.0. The summed E-state index contributed by atoms with van der Waals surface area (Å²) in [6.07, 6.45) is -4.46. The number of H-pyrrole nitrogens is 1. The highest BCUT2D eigenvalue weighted by Gasteiger charge is 2.43. The van der Waals surface area contributed by atoms with Gasteiger partial charge in [-0.25, -0.2) is 9.18 Å². The average Bonchev–Trinajstić information content (AvgIpc) is 2.57. The Bertz CT molecular complexity index is 516. The highest BCUT2D eigenvalue weighted by atomic mass is 19.1. The zero-order chi connectivity index (χ0) is 12.6. The number of hydrogen-bond acceptors (Lipinski definition) is 4. The quantitative estimate of drug-likeness (QED) is 0.659. The lowest BCUT2D eigenvalue weighted by Gasteiger charge is -2.14. The Balaban J connectivity index is 2.35. The zero-order valence-electron chi connectivity index (χ0n) is 9.17. The molecular formula is C9H11FN2O4. The van der Waals surface area contributed by atoms with Crippen LogP contribution >= 0.6 is 0 Å². The van der Waals surface area contributed by atoms with Crippen LogP contribution in [-0.2, 0) is 4.74 Å². The van der Waals surface area contributed by atoms with Gasteiger partial charge in [-0.15, -0.1) is 0 Å². The fourth-order valence-corrected chi connectivity index (χ4v) is 1.56. The van der Waals surface area contributed by atoms with E-state index >= 15 is 0 Å². The van der Waals surface area contributed by atoms with Gasteiger partial charge in [0.2, 0.25) is 0 Å². The molecule has 6 nitrogen and oxygen atoms in total. The van der Waals surface area contributed by atoms with Crippen molar-refractivity contribution in [2.75, 3.05) is 0 Å². The van der Waals surface area contributed by atoms with E-state index in [1.54, 1.807) is 0 Å². The number of aromatic nitrogens is 2. The van der Waals surface area contributed by atoms with Crippen molar-refractivity contribution in [3.8, 4) is 0 Å². The van der Waals surface area contributed by atoms with Crippen molar-refractivity contribution in [3.05, 3.63) is 33.1 Å². The van der Waals surface area contributed by atoms with Crippen LogP contribution in [-0.4, -0.2) is 33.0 Å². The van der Waals surface area contributed by atoms with Crippen LogP contribution in [0.5, 0.6) is 0 Å². The first-order chi connectivity index (χ1) is 8.04. The highest BCUT2D eigenvalue weighted by molar-refractivity contribution is 4.92. The van der Waals surface area contributed by atoms with Gasteiger partial charge in [-0.3, -0.25) is 14.3 Å². The molecule has 7 heteroatoms. The average molecular weight is 231 g/mol. The molecule has 0 aliphatic carbocycles. The van der Waals surface area contributed by atoms with Crippen molar-refractivity contribution < 1.29 is 15.6 Å². The van der Waals surface area contributed by atoms with Crippen molar-refractivity contribution in [1.29, 1.82) is 0 Å². The van der Waals surface area contributed by atoms with Crippen LogP contribution in [0.3, 0.4) is 0 Å². The third kappa shape index (κ3) is 1.68. The third-order valence-electron chi connectivity index (χ3n) is 2.42. The van der Waals surface area contributed by atoms with Crippen molar-refractivity contribution in [2.24, 2.45) is 0 Å². The Kier molecular flexibility index (Phi) is 2.33. The number of rotatable bonds is 1. The lowest BCUT2D eigenvalue weighted by atomic mass is 10.2. The molecule has 0 bridgehead atoms. The van der Waals surface area contributed by atoms with Gasteiger partial charge in [0.05, 0.1) is 6.10 Å². The second-order valence-electron chi connectivity index (χ2n) is 3.52. The largest absolute Gasteiger partial charge is 0.387 e. The van der Waals surface area contributed by atoms with Gasteiger partial charge in [0.1, 0.15) is 6.10 Å². The SMILES string of the molecule is [2H]C[C@H]1O[C@@H](n2ccc(=O)[nH]c2=O)C(F)[C@H]1O. The van der Waals surface area contributed by atoms with Gasteiger partial charge in [-0.05, 0) is 6.90 Å². The first kappa shape index (κ1) is 9.73. The molecule has 0 spiro atoms. The molecule has 1 unspecified atom stereocenters. The fourth-order valence-electron chi connectivity index (χ4n) is 1.56. The summed E-state index contributed by atoms with van der Waals surface area (Å²) >= 11 is 0. The number of hydrogen-bond donors (Lipinski definition) is 2. The number of halogens is 1. The molecule has 1 aliphatic rings. The molecule has 1 aliphatic heterocycles. The van der Waals surface area contributed by atoms with Crippen LogP contribution in [0.25, 0.3) is 0 Å². The zero-order valence-corrected chi connectivity index (χ0v) is 8.17. The second kappa shape index (κ2) is 3.84. The Hall–Kier alpha value is -1.47. The summed E-state index contributed by atoms with van der Waals surface area (Å²) < 4.78 is 26.7. The molecule has 0 aromatic carbocycles. The molecule has 88 valence electrons. The second-order valence-corrected chi connectivity index (χ2v) is 3.52. The summed E-state index contributed by atoms with van der Waals surface area (Å²) in [6.45, 7) is -0.309. The van der Waals surface area contributed by atoms with Gasteiger partial charge in [0.25, 0.3) is 5.56 Å². The van der Waals surface area contributed by atoms with Gasteiger partial charge in [0, 0.05) is 13.6 Å². The van der Waals surface area contributed by atoms with Gasteiger partial charge in [0.15, 0.2) is 12.4 Å². The monoisotopic (exact) mass is 231 g/mol. The van der Waals surface area contributed by atoms with Crippen LogP contribution in [0.15, 0.2) is 21.9 Å². The van der Waals surface area contributed by atoms with Crippen molar-refractivity contribution in [2.45, 2.75) is 31.5 Å². The molecule has 0 amide bonds. The Morgan fingerprint density at radius 2 is 2.44 bits per heavy atom. The number of aliphatic hydroxyl groups excluding tert-OH is 1. The number of aromatic amines is 1. The maximum Gasteiger partial charge on any atom is 0.330 e. The van der Waals surface area contributed by atoms with Crippen LogP contribution in [0.4, 0.5) is 4.39 Å². The van der Waals surface area contributed by atoms with Gasteiger partial charge in [-0.2, -0.15) is 0 Å². The molecule has 2 rings (SSSR count). The number of nitrogens with zero attached hydrogens (tertiary/aromatic N) is 1. The molecule has 2 heterocycles. The maximum absolute atomic E-state index is 13.7. The van der Waals surface area contributed by atoms with E-state index < -0.39 is 35.9 Å². The Morgan fingerprint density at radius 1 is 1.69 bits per heavy atom. The summed E-state index contributed by atoms with van der Waals surface area (Å²) in [5, 5.41) is 9.43. The summed E-state index contributed by atoms with van der Waals surface area (Å²) in [5.74, 6) is 0. The molecule has 1 aromatic rings. The predicted octanol–water partition coefficient (Wildman–Crippen LogP) is -0.847. The van der Waals surface area contributed by atoms with E-state index in [-0.39, 0.29) is 6.90 Å². The molecular weight excluding hydrogens is 219 g/mol. The van der Waals surface area contributed by atoms with Crippen molar-refractivity contribution in [3.63, 3.8) is 0 Å². The standard InChI is InChI=1S/C9H11FN2O4/c1-4-7(14)6(10)8(16-4)12-3-2-5(13)11-9(12)15/h2-4,6-8,14H,1H3,(H,11,13,15)/t4-,6?,7+,8-/m1/s1/i1D. The van der Waals surface area contributed by atoms with E-state index in [2.05, 4.69) is 0 Å². The summed E-state index contributed by atoms with van der Waals surface area (Å²) in [4.78, 5) is 24.2. The minimum Gasteiger partial charge on any atom is -0.387 e. The minimum absolute atomic E-state index is 0.309. The van der Waals surface area contributed by atoms with Gasteiger partial charge in [-0.1, -0.05) is 0 Å². The van der Waals surface area contributed by atoms with Crippen LogP contribution < -0.4 is 11.2 Å². The van der Waals surface area contributed by atoms with E-state index in [1.807, 2.05) is 4.98 Å². The van der Waals surface area contributed by atoms with Gasteiger partial charge < -0.3 is 9.84 Å². The van der Waals surface area contributed by atoms with E-state index in [0.717, 1.165) is 16.8 Å². The first-order valence-corrected chi connectivity index (χ1v) is 4.63. The number of nitrogens with one attached hydrogen (secondary N) is 1. The topological polar surface area (TPSA) is 84.3 Å². The highest BCUT2D eigenvalue weighted by Crippen LogP contribution is 2.30. The third-order valence-corrected chi connectivity index (χ3v) is 2.42. The maximum atomic E-state index is 13.7. The molecule has 0 saturated carbocycles. The van der Waals surface area contributed by atoms with Crippen LogP contribution in [0, 0.1) is 0 Å². The van der Waals surface area contributed by atoms with E-state index in [4.69, 9.17) is 6.11 Å².